The zero-order valence-electron chi connectivity index (χ0n) is 14.6. The van der Waals surface area contributed by atoms with Crippen LogP contribution in [0.1, 0.15) is 23.2 Å². The molecule has 25 heavy (non-hydrogen) atoms. The molecule has 2 aromatic rings. The first kappa shape index (κ1) is 18.2. The number of hydrogen-bond donors (Lipinski definition) is 0. The van der Waals surface area contributed by atoms with Crippen LogP contribution in [0.4, 0.5) is 5.69 Å². The van der Waals surface area contributed by atoms with Gasteiger partial charge in [-0.05, 0) is 49.4 Å². The molecule has 1 unspecified atom stereocenters. The van der Waals surface area contributed by atoms with E-state index in [2.05, 4.69) is 29.2 Å². The van der Waals surface area contributed by atoms with E-state index in [1.165, 1.54) is 5.69 Å². The summed E-state index contributed by atoms with van der Waals surface area (Å²) in [5.41, 5.74) is 1.81. The van der Waals surface area contributed by atoms with Crippen molar-refractivity contribution in [3.05, 3.63) is 59.1 Å². The SMILES string of the molecule is CSc1ccc(Cl)c(C(=O)N(C)C2CCCN(c3ccccc3)C2)c1. The molecular formula is C20H23ClN2OS. The number of piperidine rings is 1. The fourth-order valence-electron chi connectivity index (χ4n) is 3.30. The third kappa shape index (κ3) is 4.13. The fourth-order valence-corrected chi connectivity index (χ4v) is 3.93. The highest BCUT2D eigenvalue weighted by molar-refractivity contribution is 7.98. The van der Waals surface area contributed by atoms with E-state index in [9.17, 15) is 4.79 Å². The molecule has 1 atom stereocenters. The molecule has 0 spiro atoms. The molecule has 0 N–H and O–H groups in total. The number of carbonyl (C=O) groups is 1. The Morgan fingerprint density at radius 3 is 2.72 bits per heavy atom. The van der Waals surface area contributed by atoms with E-state index in [0.29, 0.717) is 10.6 Å². The summed E-state index contributed by atoms with van der Waals surface area (Å²) in [7, 11) is 1.89. The lowest BCUT2D eigenvalue weighted by Gasteiger charge is -2.39. The van der Waals surface area contributed by atoms with Crippen molar-refractivity contribution >= 4 is 35.0 Å². The van der Waals surface area contributed by atoms with Crippen molar-refractivity contribution < 1.29 is 4.79 Å². The van der Waals surface area contributed by atoms with Gasteiger partial charge >= 0.3 is 0 Å². The summed E-state index contributed by atoms with van der Waals surface area (Å²) < 4.78 is 0. The molecule has 1 aliphatic heterocycles. The quantitative estimate of drug-likeness (QED) is 0.718. The van der Waals surface area contributed by atoms with E-state index < -0.39 is 0 Å². The van der Waals surface area contributed by atoms with Crippen molar-refractivity contribution in [3.63, 3.8) is 0 Å². The van der Waals surface area contributed by atoms with Crippen LogP contribution in [0.25, 0.3) is 0 Å². The average Bonchev–Trinajstić information content (AvgIpc) is 2.68. The van der Waals surface area contributed by atoms with Gasteiger partial charge in [-0.1, -0.05) is 29.8 Å². The molecule has 0 aliphatic carbocycles. The number of para-hydroxylation sites is 1. The first-order valence-corrected chi connectivity index (χ1v) is 10.1. The number of amides is 1. The molecule has 1 amide bonds. The van der Waals surface area contributed by atoms with E-state index in [0.717, 1.165) is 30.8 Å². The molecule has 0 aromatic heterocycles. The Kier molecular flexibility index (Phi) is 5.92. The molecular weight excluding hydrogens is 352 g/mol. The van der Waals surface area contributed by atoms with Crippen LogP contribution in [-0.2, 0) is 0 Å². The van der Waals surface area contributed by atoms with Gasteiger partial charge in [0.15, 0.2) is 0 Å². The second-order valence-corrected chi connectivity index (χ2v) is 7.63. The first-order valence-electron chi connectivity index (χ1n) is 8.51. The minimum Gasteiger partial charge on any atom is -0.369 e. The predicted octanol–water partition coefficient (Wildman–Crippen LogP) is 4.80. The summed E-state index contributed by atoms with van der Waals surface area (Å²) in [5, 5.41) is 0.519. The fraction of sp³-hybridized carbons (Fsp3) is 0.350. The van der Waals surface area contributed by atoms with Crippen LogP contribution < -0.4 is 4.90 Å². The summed E-state index contributed by atoms with van der Waals surface area (Å²) in [6, 6.07) is 16.2. The topological polar surface area (TPSA) is 23.6 Å². The van der Waals surface area contributed by atoms with Crippen LogP contribution in [0, 0.1) is 0 Å². The van der Waals surface area contributed by atoms with Crippen molar-refractivity contribution in [2.24, 2.45) is 0 Å². The number of carbonyl (C=O) groups excluding carboxylic acids is 1. The summed E-state index contributed by atoms with van der Waals surface area (Å²) in [6.07, 6.45) is 4.10. The molecule has 1 heterocycles. The van der Waals surface area contributed by atoms with Gasteiger partial charge in [-0.2, -0.15) is 0 Å². The van der Waals surface area contributed by atoms with Crippen LogP contribution >= 0.6 is 23.4 Å². The van der Waals surface area contributed by atoms with Crippen LogP contribution in [0.5, 0.6) is 0 Å². The van der Waals surface area contributed by atoms with E-state index in [4.69, 9.17) is 11.6 Å². The van der Waals surface area contributed by atoms with Gasteiger partial charge in [-0.3, -0.25) is 4.79 Å². The Morgan fingerprint density at radius 2 is 2.00 bits per heavy atom. The highest BCUT2D eigenvalue weighted by atomic mass is 35.5. The number of hydrogen-bond acceptors (Lipinski definition) is 3. The number of anilines is 1. The summed E-state index contributed by atoms with van der Waals surface area (Å²) >= 11 is 7.90. The Bertz CT molecular complexity index is 738. The van der Waals surface area contributed by atoms with Crippen LogP contribution in [-0.4, -0.2) is 43.2 Å². The number of rotatable bonds is 4. The Hall–Kier alpha value is -1.65. The summed E-state index contributed by atoms with van der Waals surface area (Å²) in [4.78, 5) is 18.3. The highest BCUT2D eigenvalue weighted by Gasteiger charge is 2.27. The summed E-state index contributed by atoms with van der Waals surface area (Å²) in [6.45, 7) is 1.89. The second kappa shape index (κ2) is 8.15. The molecule has 1 fully saturated rings. The van der Waals surface area contributed by atoms with E-state index in [1.807, 2.05) is 42.5 Å². The Labute approximate surface area is 159 Å². The molecule has 3 nitrogen and oxygen atoms in total. The smallest absolute Gasteiger partial charge is 0.255 e. The first-order chi connectivity index (χ1) is 12.1. The van der Waals surface area contributed by atoms with Gasteiger partial charge in [0.25, 0.3) is 5.91 Å². The van der Waals surface area contributed by atoms with Gasteiger partial charge in [-0.25, -0.2) is 0 Å². The molecule has 2 aromatic carbocycles. The van der Waals surface area contributed by atoms with Crippen molar-refractivity contribution in [3.8, 4) is 0 Å². The number of thioether (sulfide) groups is 1. The maximum Gasteiger partial charge on any atom is 0.255 e. The Balaban J connectivity index is 1.76. The Morgan fingerprint density at radius 1 is 1.24 bits per heavy atom. The lowest BCUT2D eigenvalue weighted by Crippen LogP contribution is -2.48. The lowest BCUT2D eigenvalue weighted by atomic mass is 10.0. The molecule has 0 bridgehead atoms. The molecule has 3 rings (SSSR count). The molecule has 132 valence electrons. The van der Waals surface area contributed by atoms with E-state index in [1.54, 1.807) is 11.8 Å². The highest BCUT2D eigenvalue weighted by Crippen LogP contribution is 2.27. The average molecular weight is 375 g/mol. The summed E-state index contributed by atoms with van der Waals surface area (Å²) in [5.74, 6) is 0.000752. The normalized spacial score (nSPS) is 17.4. The lowest BCUT2D eigenvalue weighted by molar-refractivity contribution is 0.0717. The van der Waals surface area contributed by atoms with Crippen molar-refractivity contribution in [2.45, 2.75) is 23.8 Å². The van der Waals surface area contributed by atoms with Crippen LogP contribution in [0.3, 0.4) is 0 Å². The van der Waals surface area contributed by atoms with Crippen molar-refractivity contribution in [1.29, 1.82) is 0 Å². The molecule has 0 radical (unpaired) electrons. The van der Waals surface area contributed by atoms with Gasteiger partial charge < -0.3 is 9.80 Å². The maximum absolute atomic E-state index is 13.0. The molecule has 5 heteroatoms. The maximum atomic E-state index is 13.0. The number of halogens is 1. The van der Waals surface area contributed by atoms with Crippen molar-refractivity contribution in [1.82, 2.24) is 4.90 Å². The number of likely N-dealkylation sites (N-methyl/N-ethyl adjacent to an activating group) is 1. The van der Waals surface area contributed by atoms with Gasteiger partial charge in [0.2, 0.25) is 0 Å². The van der Waals surface area contributed by atoms with Gasteiger partial charge in [-0.15, -0.1) is 11.8 Å². The molecule has 1 saturated heterocycles. The van der Waals surface area contributed by atoms with Crippen LogP contribution in [0.2, 0.25) is 5.02 Å². The minimum atomic E-state index is 0.000752. The van der Waals surface area contributed by atoms with Gasteiger partial charge in [0, 0.05) is 36.8 Å². The largest absolute Gasteiger partial charge is 0.369 e. The molecule has 0 saturated carbocycles. The predicted molar refractivity (Wildman–Crippen MR) is 107 cm³/mol. The standard InChI is InChI=1S/C20H23ClN2OS/c1-22(20(24)18-13-17(25-2)10-11-19(18)21)16-9-6-12-23(14-16)15-7-4-3-5-8-15/h3-5,7-8,10-11,13,16H,6,9,12,14H2,1-2H3. The van der Waals surface area contributed by atoms with E-state index in [-0.39, 0.29) is 11.9 Å². The second-order valence-electron chi connectivity index (χ2n) is 6.34. The monoisotopic (exact) mass is 374 g/mol. The zero-order chi connectivity index (χ0) is 17.8. The van der Waals surface area contributed by atoms with E-state index >= 15 is 0 Å². The molecule has 1 aliphatic rings. The third-order valence-electron chi connectivity index (χ3n) is 4.79. The zero-order valence-corrected chi connectivity index (χ0v) is 16.2. The van der Waals surface area contributed by atoms with Crippen LogP contribution in [0.15, 0.2) is 53.4 Å². The third-order valence-corrected chi connectivity index (χ3v) is 5.84. The van der Waals surface area contributed by atoms with Gasteiger partial charge in [0.05, 0.1) is 10.6 Å². The number of nitrogens with zero attached hydrogens (tertiary/aromatic N) is 2. The van der Waals surface area contributed by atoms with Gasteiger partial charge in [0.1, 0.15) is 0 Å². The van der Waals surface area contributed by atoms with Crippen molar-refractivity contribution in [2.75, 3.05) is 31.3 Å². The number of benzene rings is 2. The minimum absolute atomic E-state index is 0.000752.